The lowest BCUT2D eigenvalue weighted by atomic mass is 10.1. The number of aromatic nitrogens is 1. The lowest BCUT2D eigenvalue weighted by molar-refractivity contribution is 0.0995. The Morgan fingerprint density at radius 3 is 2.12 bits per heavy atom. The van der Waals surface area contributed by atoms with E-state index in [2.05, 4.69) is 4.98 Å². The minimum absolute atomic E-state index is 0.126. The van der Waals surface area contributed by atoms with Crippen LogP contribution in [0.2, 0.25) is 0 Å². The zero-order chi connectivity index (χ0) is 17.8. The van der Waals surface area contributed by atoms with Gasteiger partial charge in [0.1, 0.15) is 28.8 Å². The standard InChI is InChI=1S/C19H15FN2O3/c1-24-16-10-17(22-18(11-16)19(21)23)12-2-6-14(7-3-12)25-15-8-4-13(20)5-9-15/h2-11H,1H3,(H2,21,23). The number of primary amides is 1. The number of amides is 1. The molecule has 2 aromatic carbocycles. The number of hydrogen-bond acceptors (Lipinski definition) is 4. The molecule has 0 aliphatic carbocycles. The maximum absolute atomic E-state index is 12.9. The zero-order valence-corrected chi connectivity index (χ0v) is 13.4. The average Bonchev–Trinajstić information content (AvgIpc) is 2.64. The third kappa shape index (κ3) is 3.92. The van der Waals surface area contributed by atoms with E-state index in [-0.39, 0.29) is 11.5 Å². The van der Waals surface area contributed by atoms with Crippen molar-refractivity contribution in [3.63, 3.8) is 0 Å². The Morgan fingerprint density at radius 2 is 1.56 bits per heavy atom. The smallest absolute Gasteiger partial charge is 0.267 e. The van der Waals surface area contributed by atoms with Crippen LogP contribution in [-0.2, 0) is 0 Å². The van der Waals surface area contributed by atoms with E-state index in [1.807, 2.05) is 0 Å². The summed E-state index contributed by atoms with van der Waals surface area (Å²) in [6, 6.07) is 16.0. The molecule has 1 aromatic heterocycles. The van der Waals surface area contributed by atoms with Crippen LogP contribution in [-0.4, -0.2) is 18.0 Å². The summed E-state index contributed by atoms with van der Waals surface area (Å²) < 4.78 is 23.7. The Labute approximate surface area is 143 Å². The van der Waals surface area contributed by atoms with Crippen LogP contribution in [0.3, 0.4) is 0 Å². The molecule has 0 unspecified atom stereocenters. The summed E-state index contributed by atoms with van der Waals surface area (Å²) in [5.41, 5.74) is 6.76. The molecule has 0 radical (unpaired) electrons. The molecule has 0 atom stereocenters. The Morgan fingerprint density at radius 1 is 0.960 bits per heavy atom. The molecule has 1 amide bonds. The fourth-order valence-electron chi connectivity index (χ4n) is 2.23. The van der Waals surface area contributed by atoms with Gasteiger partial charge in [-0.05, 0) is 48.5 Å². The molecule has 0 fully saturated rings. The molecule has 0 bridgehead atoms. The van der Waals surface area contributed by atoms with Crippen molar-refractivity contribution in [1.29, 1.82) is 0 Å². The van der Waals surface area contributed by atoms with Gasteiger partial charge in [-0.25, -0.2) is 9.37 Å². The predicted octanol–water partition coefficient (Wildman–Crippen LogP) is 3.79. The minimum Gasteiger partial charge on any atom is -0.497 e. The molecule has 0 aliphatic heterocycles. The zero-order valence-electron chi connectivity index (χ0n) is 13.4. The van der Waals surface area contributed by atoms with Gasteiger partial charge < -0.3 is 15.2 Å². The van der Waals surface area contributed by atoms with Gasteiger partial charge in [0.25, 0.3) is 5.91 Å². The van der Waals surface area contributed by atoms with Crippen LogP contribution < -0.4 is 15.2 Å². The third-order valence-electron chi connectivity index (χ3n) is 3.49. The van der Waals surface area contributed by atoms with Gasteiger partial charge in [0.05, 0.1) is 12.8 Å². The van der Waals surface area contributed by atoms with Crippen molar-refractivity contribution in [1.82, 2.24) is 4.98 Å². The summed E-state index contributed by atoms with van der Waals surface area (Å²) in [6.45, 7) is 0. The minimum atomic E-state index is -0.628. The summed E-state index contributed by atoms with van der Waals surface area (Å²) in [5, 5.41) is 0. The number of ether oxygens (including phenoxy) is 2. The summed E-state index contributed by atoms with van der Waals surface area (Å²) >= 11 is 0. The molecule has 5 nitrogen and oxygen atoms in total. The topological polar surface area (TPSA) is 74.4 Å². The number of carbonyl (C=O) groups is 1. The van der Waals surface area contributed by atoms with Gasteiger partial charge in [-0.15, -0.1) is 0 Å². The van der Waals surface area contributed by atoms with Gasteiger partial charge in [-0.2, -0.15) is 0 Å². The maximum Gasteiger partial charge on any atom is 0.267 e. The molecule has 1 heterocycles. The summed E-state index contributed by atoms with van der Waals surface area (Å²) in [6.07, 6.45) is 0. The van der Waals surface area contributed by atoms with Crippen LogP contribution in [0.4, 0.5) is 4.39 Å². The van der Waals surface area contributed by atoms with E-state index in [9.17, 15) is 9.18 Å². The lowest BCUT2D eigenvalue weighted by Gasteiger charge is -2.09. The largest absolute Gasteiger partial charge is 0.497 e. The Bertz CT molecular complexity index is 894. The molecule has 0 saturated heterocycles. The Hall–Kier alpha value is -3.41. The molecule has 3 rings (SSSR count). The molecular weight excluding hydrogens is 323 g/mol. The number of carbonyl (C=O) groups excluding carboxylic acids is 1. The van der Waals surface area contributed by atoms with Crippen molar-refractivity contribution >= 4 is 5.91 Å². The summed E-state index contributed by atoms with van der Waals surface area (Å²) in [4.78, 5) is 15.6. The van der Waals surface area contributed by atoms with E-state index in [0.717, 1.165) is 5.56 Å². The number of nitrogens with two attached hydrogens (primary N) is 1. The molecule has 0 spiro atoms. The van der Waals surface area contributed by atoms with Crippen LogP contribution in [0.25, 0.3) is 11.3 Å². The third-order valence-corrected chi connectivity index (χ3v) is 3.49. The van der Waals surface area contributed by atoms with Crippen molar-refractivity contribution in [2.45, 2.75) is 0 Å². The highest BCUT2D eigenvalue weighted by molar-refractivity contribution is 5.91. The van der Waals surface area contributed by atoms with Crippen LogP contribution >= 0.6 is 0 Å². The Kier molecular flexibility index (Phi) is 4.61. The van der Waals surface area contributed by atoms with E-state index >= 15 is 0 Å². The van der Waals surface area contributed by atoms with Crippen molar-refractivity contribution in [3.05, 3.63) is 72.2 Å². The van der Waals surface area contributed by atoms with Gasteiger partial charge in [-0.3, -0.25) is 4.79 Å². The number of rotatable bonds is 5. The number of hydrogen-bond donors (Lipinski definition) is 1. The van der Waals surface area contributed by atoms with Gasteiger partial charge in [0.2, 0.25) is 0 Å². The maximum atomic E-state index is 12.9. The highest BCUT2D eigenvalue weighted by Crippen LogP contribution is 2.27. The first-order valence-electron chi connectivity index (χ1n) is 7.45. The van der Waals surface area contributed by atoms with Crippen molar-refractivity contribution < 1.29 is 18.7 Å². The molecule has 0 aliphatic rings. The van der Waals surface area contributed by atoms with Crippen LogP contribution in [0.15, 0.2) is 60.7 Å². The summed E-state index contributed by atoms with van der Waals surface area (Å²) in [7, 11) is 1.50. The molecule has 3 aromatic rings. The first kappa shape index (κ1) is 16.4. The number of methoxy groups -OCH3 is 1. The van der Waals surface area contributed by atoms with E-state index in [0.29, 0.717) is 22.9 Å². The second-order valence-electron chi connectivity index (χ2n) is 5.22. The predicted molar refractivity (Wildman–Crippen MR) is 91.2 cm³/mol. The molecule has 6 heteroatoms. The molecule has 25 heavy (non-hydrogen) atoms. The highest BCUT2D eigenvalue weighted by Gasteiger charge is 2.10. The second-order valence-corrected chi connectivity index (χ2v) is 5.22. The van der Waals surface area contributed by atoms with Crippen LogP contribution in [0.5, 0.6) is 17.2 Å². The van der Waals surface area contributed by atoms with E-state index < -0.39 is 5.91 Å². The van der Waals surface area contributed by atoms with Crippen LogP contribution in [0, 0.1) is 5.82 Å². The number of benzene rings is 2. The number of pyridine rings is 1. The monoisotopic (exact) mass is 338 g/mol. The molecule has 126 valence electrons. The normalized spacial score (nSPS) is 10.3. The number of nitrogens with zero attached hydrogens (tertiary/aromatic N) is 1. The van der Waals surface area contributed by atoms with Crippen molar-refractivity contribution in [3.8, 4) is 28.5 Å². The van der Waals surface area contributed by atoms with Gasteiger partial charge in [0.15, 0.2) is 0 Å². The fourth-order valence-corrected chi connectivity index (χ4v) is 2.23. The summed E-state index contributed by atoms with van der Waals surface area (Å²) in [5.74, 6) is 0.664. The SMILES string of the molecule is COc1cc(C(N)=O)nc(-c2ccc(Oc3ccc(F)cc3)cc2)c1. The highest BCUT2D eigenvalue weighted by atomic mass is 19.1. The van der Waals surface area contributed by atoms with Gasteiger partial charge in [0, 0.05) is 17.7 Å². The van der Waals surface area contributed by atoms with E-state index in [1.165, 1.54) is 25.3 Å². The first-order chi connectivity index (χ1) is 12.0. The lowest BCUT2D eigenvalue weighted by Crippen LogP contribution is -2.13. The molecule has 2 N–H and O–H groups in total. The van der Waals surface area contributed by atoms with Gasteiger partial charge >= 0.3 is 0 Å². The quantitative estimate of drug-likeness (QED) is 0.768. The fraction of sp³-hybridized carbons (Fsp3) is 0.0526. The van der Waals surface area contributed by atoms with E-state index in [1.54, 1.807) is 42.5 Å². The first-order valence-corrected chi connectivity index (χ1v) is 7.45. The second kappa shape index (κ2) is 7.00. The number of halogens is 1. The van der Waals surface area contributed by atoms with Crippen molar-refractivity contribution in [2.24, 2.45) is 5.73 Å². The van der Waals surface area contributed by atoms with Gasteiger partial charge in [-0.1, -0.05) is 0 Å². The average molecular weight is 338 g/mol. The van der Waals surface area contributed by atoms with E-state index in [4.69, 9.17) is 15.2 Å². The molecular formula is C19H15FN2O3. The van der Waals surface area contributed by atoms with Crippen molar-refractivity contribution in [2.75, 3.05) is 7.11 Å². The Balaban J connectivity index is 1.85. The van der Waals surface area contributed by atoms with Crippen LogP contribution in [0.1, 0.15) is 10.5 Å². The molecule has 0 saturated carbocycles.